The van der Waals surface area contributed by atoms with Gasteiger partial charge in [-0.15, -0.1) is 21.5 Å². The summed E-state index contributed by atoms with van der Waals surface area (Å²) in [5, 5.41) is 12.2. The predicted molar refractivity (Wildman–Crippen MR) is 114 cm³/mol. The molecule has 8 heteroatoms. The Morgan fingerprint density at radius 1 is 1.04 bits per heavy atom. The van der Waals surface area contributed by atoms with Crippen LogP contribution in [0.1, 0.15) is 11.3 Å². The van der Waals surface area contributed by atoms with E-state index in [1.807, 2.05) is 24.3 Å². The van der Waals surface area contributed by atoms with E-state index in [-0.39, 0.29) is 0 Å². The van der Waals surface area contributed by atoms with E-state index < -0.39 is 0 Å². The zero-order valence-electron chi connectivity index (χ0n) is 15.5. The highest BCUT2D eigenvalue weighted by atomic mass is 32.2. The maximum atomic E-state index is 6.20. The van der Waals surface area contributed by atoms with E-state index in [1.165, 1.54) is 22.0 Å². The predicted octanol–water partition coefficient (Wildman–Crippen LogP) is 4.39. The average molecular weight is 410 g/mol. The van der Waals surface area contributed by atoms with Crippen LogP contribution in [0.25, 0.3) is 22.0 Å². The van der Waals surface area contributed by atoms with Crippen LogP contribution in [-0.4, -0.2) is 27.0 Å². The summed E-state index contributed by atoms with van der Waals surface area (Å²) >= 11 is 3.16. The molecule has 0 radical (unpaired) electrons. The Morgan fingerprint density at radius 2 is 1.75 bits per heavy atom. The van der Waals surface area contributed by atoms with Crippen molar-refractivity contribution in [1.29, 1.82) is 0 Å². The molecular formula is C20H19N5OS2. The van der Waals surface area contributed by atoms with Gasteiger partial charge in [-0.1, -0.05) is 41.6 Å². The number of methoxy groups -OCH3 is 1. The molecule has 2 aromatic heterocycles. The van der Waals surface area contributed by atoms with Gasteiger partial charge in [-0.25, -0.2) is 9.66 Å². The molecule has 2 aromatic carbocycles. The number of nitrogens with zero attached hydrogens (tertiary/aromatic N) is 4. The molecular weight excluding hydrogens is 390 g/mol. The Kier molecular flexibility index (Phi) is 5.31. The van der Waals surface area contributed by atoms with Gasteiger partial charge in [0.15, 0.2) is 5.82 Å². The largest absolute Gasteiger partial charge is 0.497 e. The van der Waals surface area contributed by atoms with Crippen molar-refractivity contribution >= 4 is 23.1 Å². The lowest BCUT2D eigenvalue weighted by molar-refractivity contribution is 0.415. The number of hydrogen-bond acceptors (Lipinski definition) is 7. The molecule has 0 aliphatic heterocycles. The summed E-state index contributed by atoms with van der Waals surface area (Å²) in [5.41, 5.74) is 4.26. The summed E-state index contributed by atoms with van der Waals surface area (Å²) in [6, 6.07) is 16.0. The van der Waals surface area contributed by atoms with E-state index in [0.717, 1.165) is 27.6 Å². The van der Waals surface area contributed by atoms with Gasteiger partial charge in [-0.05, 0) is 31.2 Å². The summed E-state index contributed by atoms with van der Waals surface area (Å²) in [5.74, 6) is 8.28. The monoisotopic (exact) mass is 409 g/mol. The summed E-state index contributed by atoms with van der Waals surface area (Å²) in [7, 11) is 1.64. The molecule has 4 aromatic rings. The normalized spacial score (nSPS) is 10.9. The van der Waals surface area contributed by atoms with E-state index in [9.17, 15) is 0 Å². The summed E-state index contributed by atoms with van der Waals surface area (Å²) in [6.45, 7) is 2.08. The number of ether oxygens (including phenoxy) is 1. The molecule has 0 spiro atoms. The number of nitrogen functional groups attached to an aromatic ring is 1. The third kappa shape index (κ3) is 3.88. The van der Waals surface area contributed by atoms with Gasteiger partial charge in [0.2, 0.25) is 5.16 Å². The van der Waals surface area contributed by atoms with Gasteiger partial charge in [-0.3, -0.25) is 0 Å². The van der Waals surface area contributed by atoms with Crippen molar-refractivity contribution in [1.82, 2.24) is 19.9 Å². The van der Waals surface area contributed by atoms with Crippen molar-refractivity contribution in [3.8, 4) is 27.7 Å². The number of hydrogen-bond donors (Lipinski definition) is 1. The fraction of sp³-hybridized carbons (Fsp3) is 0.150. The number of thiazole rings is 1. The van der Waals surface area contributed by atoms with E-state index in [0.29, 0.717) is 16.7 Å². The first kappa shape index (κ1) is 18.5. The molecule has 28 heavy (non-hydrogen) atoms. The lowest BCUT2D eigenvalue weighted by atomic mass is 10.2. The molecule has 0 bridgehead atoms. The van der Waals surface area contributed by atoms with Crippen LogP contribution < -0.4 is 10.6 Å². The van der Waals surface area contributed by atoms with Crippen molar-refractivity contribution in [2.45, 2.75) is 17.8 Å². The second-order valence-electron chi connectivity index (χ2n) is 6.20. The highest BCUT2D eigenvalue weighted by Gasteiger charge is 2.13. The van der Waals surface area contributed by atoms with Crippen LogP contribution >= 0.6 is 23.1 Å². The maximum absolute atomic E-state index is 6.20. The molecule has 0 saturated heterocycles. The molecule has 0 saturated carbocycles. The van der Waals surface area contributed by atoms with Crippen LogP contribution in [0.15, 0.2) is 59.1 Å². The van der Waals surface area contributed by atoms with Crippen molar-refractivity contribution in [3.63, 3.8) is 0 Å². The van der Waals surface area contributed by atoms with Gasteiger partial charge in [0.05, 0.1) is 12.8 Å². The fourth-order valence-electron chi connectivity index (χ4n) is 2.65. The van der Waals surface area contributed by atoms with Crippen LogP contribution in [-0.2, 0) is 5.75 Å². The molecule has 2 N–H and O–H groups in total. The molecule has 0 aliphatic carbocycles. The summed E-state index contributed by atoms with van der Waals surface area (Å²) in [6.07, 6.45) is 0. The van der Waals surface area contributed by atoms with Gasteiger partial charge < -0.3 is 10.6 Å². The quantitative estimate of drug-likeness (QED) is 0.376. The molecule has 0 amide bonds. The number of aromatic nitrogens is 4. The van der Waals surface area contributed by atoms with Crippen molar-refractivity contribution in [2.75, 3.05) is 13.0 Å². The van der Waals surface area contributed by atoms with Gasteiger partial charge in [0.1, 0.15) is 10.8 Å². The Bertz CT molecular complexity index is 1070. The zero-order chi connectivity index (χ0) is 19.5. The average Bonchev–Trinajstić information content (AvgIpc) is 3.34. The first-order chi connectivity index (χ1) is 13.6. The van der Waals surface area contributed by atoms with E-state index >= 15 is 0 Å². The van der Waals surface area contributed by atoms with Crippen LogP contribution in [0.2, 0.25) is 0 Å². The van der Waals surface area contributed by atoms with Crippen LogP contribution in [0, 0.1) is 6.92 Å². The Morgan fingerprint density at radius 3 is 2.46 bits per heavy atom. The number of nitrogens with two attached hydrogens (primary N) is 1. The van der Waals surface area contributed by atoms with Gasteiger partial charge in [0, 0.05) is 22.3 Å². The highest BCUT2D eigenvalue weighted by Crippen LogP contribution is 2.29. The fourth-order valence-corrected chi connectivity index (χ4v) is 4.33. The number of rotatable bonds is 6. The topological polar surface area (TPSA) is 78.9 Å². The summed E-state index contributed by atoms with van der Waals surface area (Å²) < 4.78 is 6.70. The van der Waals surface area contributed by atoms with Crippen LogP contribution in [0.5, 0.6) is 5.75 Å². The van der Waals surface area contributed by atoms with Crippen molar-refractivity contribution in [3.05, 3.63) is 65.2 Å². The second-order valence-corrected chi connectivity index (χ2v) is 8.00. The number of benzene rings is 2. The third-order valence-electron chi connectivity index (χ3n) is 4.21. The Labute approximate surface area is 171 Å². The zero-order valence-corrected chi connectivity index (χ0v) is 17.1. The number of aryl methyl sites for hydroxylation is 1. The van der Waals surface area contributed by atoms with E-state index in [1.54, 1.807) is 18.4 Å². The molecule has 4 rings (SSSR count). The molecule has 6 nitrogen and oxygen atoms in total. The maximum Gasteiger partial charge on any atom is 0.210 e. The molecule has 0 fully saturated rings. The lowest BCUT2D eigenvalue weighted by Gasteiger charge is -2.04. The van der Waals surface area contributed by atoms with Crippen LogP contribution in [0.3, 0.4) is 0 Å². The molecule has 0 aliphatic rings. The Balaban J connectivity index is 1.45. The standard InChI is InChI=1S/C20H19N5OS2/c1-13-3-5-15(6-4-13)19-22-16(11-27-19)12-28-20-24-23-18(25(20)21)14-7-9-17(26-2)10-8-14/h3-11H,12,21H2,1-2H3. The van der Waals surface area contributed by atoms with Crippen molar-refractivity contribution < 1.29 is 4.74 Å². The van der Waals surface area contributed by atoms with E-state index in [2.05, 4.69) is 46.8 Å². The van der Waals surface area contributed by atoms with Gasteiger partial charge >= 0.3 is 0 Å². The van der Waals surface area contributed by atoms with Crippen LogP contribution in [0.4, 0.5) is 0 Å². The minimum atomic E-state index is 0.615. The van der Waals surface area contributed by atoms with E-state index in [4.69, 9.17) is 15.6 Å². The lowest BCUT2D eigenvalue weighted by Crippen LogP contribution is -2.11. The van der Waals surface area contributed by atoms with Crippen molar-refractivity contribution in [2.24, 2.45) is 0 Å². The third-order valence-corrected chi connectivity index (χ3v) is 6.13. The first-order valence-corrected chi connectivity index (χ1v) is 10.5. The number of thioether (sulfide) groups is 1. The molecule has 0 atom stereocenters. The SMILES string of the molecule is COc1ccc(-c2nnc(SCc3csc(-c4ccc(C)cc4)n3)n2N)cc1. The first-order valence-electron chi connectivity index (χ1n) is 8.63. The van der Waals surface area contributed by atoms with Gasteiger partial charge in [-0.2, -0.15) is 0 Å². The minimum absolute atomic E-state index is 0.615. The smallest absolute Gasteiger partial charge is 0.210 e. The second kappa shape index (κ2) is 8.04. The molecule has 142 valence electrons. The summed E-state index contributed by atoms with van der Waals surface area (Å²) in [4.78, 5) is 4.72. The highest BCUT2D eigenvalue weighted by molar-refractivity contribution is 7.98. The van der Waals surface area contributed by atoms with Gasteiger partial charge in [0.25, 0.3) is 0 Å². The minimum Gasteiger partial charge on any atom is -0.497 e. The Hall–Kier alpha value is -2.84. The molecule has 2 heterocycles. The molecule has 0 unspecified atom stereocenters.